The zero-order chi connectivity index (χ0) is 27.4. The normalized spacial score (nSPS) is 17.7. The summed E-state index contributed by atoms with van der Waals surface area (Å²) < 4.78 is 30.9. The van der Waals surface area contributed by atoms with Crippen LogP contribution in [-0.4, -0.2) is 84.9 Å². The quantitative estimate of drug-likeness (QED) is 0.431. The lowest BCUT2D eigenvalue weighted by molar-refractivity contribution is 0.0140. The molecule has 0 aliphatic carbocycles. The molecule has 11 heteroatoms. The Bertz CT molecular complexity index is 1210. The monoisotopic (exact) mass is 527 g/mol. The van der Waals surface area contributed by atoms with Crippen LogP contribution >= 0.6 is 0 Å². The van der Waals surface area contributed by atoms with Crippen molar-refractivity contribution < 1.29 is 37.8 Å². The smallest absolute Gasteiger partial charge is 0.414 e. The van der Waals surface area contributed by atoms with Crippen LogP contribution in [0.5, 0.6) is 0 Å². The van der Waals surface area contributed by atoms with E-state index in [4.69, 9.17) is 14.2 Å². The summed E-state index contributed by atoms with van der Waals surface area (Å²) in [6, 6.07) is 11.6. The summed E-state index contributed by atoms with van der Waals surface area (Å²) in [4.78, 5) is 54.1. The van der Waals surface area contributed by atoms with E-state index >= 15 is 4.39 Å². The molecular weight excluding hydrogens is 497 g/mol. The van der Waals surface area contributed by atoms with Crippen LogP contribution in [0.25, 0.3) is 0 Å². The number of anilines is 1. The summed E-state index contributed by atoms with van der Waals surface area (Å²) in [5, 5.41) is 0. The molecule has 2 aliphatic heterocycles. The SMILES string of the molecule is CC(C)(C)OC(=O)N1CCN(C(=O)c2ccc(N3C(=O)OCC3COC(=O)c3ccccc3)cc2F)CC1. The van der Waals surface area contributed by atoms with Crippen molar-refractivity contribution in [2.75, 3.05) is 44.3 Å². The van der Waals surface area contributed by atoms with E-state index in [0.717, 1.165) is 6.07 Å². The number of piperazine rings is 1. The fourth-order valence-electron chi connectivity index (χ4n) is 4.15. The minimum atomic E-state index is -0.804. The second-order valence-corrected chi connectivity index (χ2v) is 9.99. The Morgan fingerprint density at radius 2 is 1.66 bits per heavy atom. The fourth-order valence-corrected chi connectivity index (χ4v) is 4.15. The second-order valence-electron chi connectivity index (χ2n) is 9.99. The maximum absolute atomic E-state index is 15.1. The highest BCUT2D eigenvalue weighted by Gasteiger charge is 2.36. The third kappa shape index (κ3) is 6.21. The number of halogens is 1. The first-order valence-corrected chi connectivity index (χ1v) is 12.3. The molecule has 1 unspecified atom stereocenters. The third-order valence-corrected chi connectivity index (χ3v) is 6.06. The number of hydrogen-bond acceptors (Lipinski definition) is 7. The molecule has 0 N–H and O–H groups in total. The highest BCUT2D eigenvalue weighted by Crippen LogP contribution is 2.26. The Kier molecular flexibility index (Phi) is 7.84. The molecule has 0 bridgehead atoms. The molecule has 202 valence electrons. The lowest BCUT2D eigenvalue weighted by Gasteiger charge is -2.35. The molecule has 0 radical (unpaired) electrons. The standard InChI is InChI=1S/C27H30FN3O7/c1-27(2,3)38-25(34)30-13-11-29(12-14-30)23(32)21-10-9-19(15-22(21)28)31-20(17-37-26(31)35)16-36-24(33)18-7-5-4-6-8-18/h4-10,15,20H,11-14,16-17H2,1-3H3. The topological polar surface area (TPSA) is 106 Å². The van der Waals surface area contributed by atoms with Gasteiger partial charge in [0.25, 0.3) is 5.91 Å². The van der Waals surface area contributed by atoms with E-state index in [1.807, 2.05) is 0 Å². The van der Waals surface area contributed by atoms with Gasteiger partial charge < -0.3 is 24.0 Å². The average molecular weight is 528 g/mol. The molecule has 2 saturated heterocycles. The third-order valence-electron chi connectivity index (χ3n) is 6.06. The fraction of sp³-hybridized carbons (Fsp3) is 0.407. The summed E-state index contributed by atoms with van der Waals surface area (Å²) in [6.07, 6.45) is -1.16. The predicted molar refractivity (Wildman–Crippen MR) is 134 cm³/mol. The Labute approximate surface area is 219 Å². The molecule has 0 aromatic heterocycles. The Morgan fingerprint density at radius 3 is 2.29 bits per heavy atom. The zero-order valence-electron chi connectivity index (χ0n) is 21.5. The summed E-state index contributed by atoms with van der Waals surface area (Å²) >= 11 is 0. The van der Waals surface area contributed by atoms with Crippen LogP contribution in [0, 0.1) is 5.82 Å². The number of hydrogen-bond donors (Lipinski definition) is 0. The van der Waals surface area contributed by atoms with E-state index in [1.165, 1.54) is 26.8 Å². The van der Waals surface area contributed by atoms with Crippen molar-refractivity contribution in [1.29, 1.82) is 0 Å². The van der Waals surface area contributed by atoms with Crippen LogP contribution in [0.15, 0.2) is 48.5 Å². The van der Waals surface area contributed by atoms with Crippen LogP contribution in [0.2, 0.25) is 0 Å². The number of carbonyl (C=O) groups excluding carboxylic acids is 4. The first-order chi connectivity index (χ1) is 18.0. The summed E-state index contributed by atoms with van der Waals surface area (Å²) in [5.41, 5.74) is -0.236. The zero-order valence-corrected chi connectivity index (χ0v) is 21.5. The van der Waals surface area contributed by atoms with Crippen molar-refractivity contribution >= 4 is 29.8 Å². The number of rotatable bonds is 5. The van der Waals surface area contributed by atoms with Crippen LogP contribution in [0.4, 0.5) is 19.7 Å². The minimum absolute atomic E-state index is 0.0366. The van der Waals surface area contributed by atoms with Gasteiger partial charge in [0, 0.05) is 26.2 Å². The number of cyclic esters (lactones) is 1. The van der Waals surface area contributed by atoms with Crippen molar-refractivity contribution in [3.8, 4) is 0 Å². The van der Waals surface area contributed by atoms with Crippen LogP contribution in [0.1, 0.15) is 41.5 Å². The Hall–Kier alpha value is -4.15. The molecule has 10 nitrogen and oxygen atoms in total. The van der Waals surface area contributed by atoms with E-state index in [9.17, 15) is 19.2 Å². The van der Waals surface area contributed by atoms with E-state index in [2.05, 4.69) is 0 Å². The number of carbonyl (C=O) groups is 4. The molecule has 2 aromatic rings. The van der Waals surface area contributed by atoms with Crippen LogP contribution in [0.3, 0.4) is 0 Å². The van der Waals surface area contributed by atoms with Gasteiger partial charge in [0.1, 0.15) is 30.7 Å². The van der Waals surface area contributed by atoms with Crippen molar-refractivity contribution in [2.45, 2.75) is 32.4 Å². The van der Waals surface area contributed by atoms with Crippen molar-refractivity contribution in [1.82, 2.24) is 9.80 Å². The average Bonchev–Trinajstić information content (AvgIpc) is 3.26. The summed E-state index contributed by atoms with van der Waals surface area (Å²) in [7, 11) is 0. The molecule has 2 fully saturated rings. The van der Waals surface area contributed by atoms with Gasteiger partial charge in [0.05, 0.1) is 16.8 Å². The maximum atomic E-state index is 15.1. The first-order valence-electron chi connectivity index (χ1n) is 12.3. The minimum Gasteiger partial charge on any atom is -0.460 e. The van der Waals surface area contributed by atoms with Gasteiger partial charge in [-0.15, -0.1) is 0 Å². The Balaban J connectivity index is 1.38. The number of benzene rings is 2. The van der Waals surface area contributed by atoms with E-state index < -0.39 is 41.5 Å². The highest BCUT2D eigenvalue weighted by molar-refractivity contribution is 5.96. The molecule has 38 heavy (non-hydrogen) atoms. The number of amides is 3. The van der Waals surface area contributed by atoms with Crippen molar-refractivity contribution in [3.63, 3.8) is 0 Å². The lowest BCUT2D eigenvalue weighted by atomic mass is 10.1. The Morgan fingerprint density at radius 1 is 1.00 bits per heavy atom. The highest BCUT2D eigenvalue weighted by atomic mass is 19.1. The molecule has 2 aliphatic rings. The van der Waals surface area contributed by atoms with Crippen LogP contribution in [-0.2, 0) is 14.2 Å². The molecule has 0 spiro atoms. The predicted octanol–water partition coefficient (Wildman–Crippen LogP) is 3.70. The van der Waals surface area contributed by atoms with Crippen LogP contribution < -0.4 is 4.90 Å². The van der Waals surface area contributed by atoms with E-state index in [-0.39, 0.29) is 50.6 Å². The van der Waals surface area contributed by atoms with Crippen molar-refractivity contribution in [3.05, 3.63) is 65.5 Å². The van der Waals surface area contributed by atoms with Gasteiger partial charge in [-0.2, -0.15) is 0 Å². The van der Waals surface area contributed by atoms with Gasteiger partial charge in [-0.05, 0) is 51.1 Å². The summed E-state index contributed by atoms with van der Waals surface area (Å²) in [5.74, 6) is -1.87. The molecule has 1 atom stereocenters. The molecule has 2 aromatic carbocycles. The van der Waals surface area contributed by atoms with Gasteiger partial charge in [0.15, 0.2) is 0 Å². The number of ether oxygens (including phenoxy) is 3. The summed E-state index contributed by atoms with van der Waals surface area (Å²) in [6.45, 7) is 6.13. The van der Waals surface area contributed by atoms with Gasteiger partial charge >= 0.3 is 18.2 Å². The van der Waals surface area contributed by atoms with Crippen molar-refractivity contribution in [2.24, 2.45) is 0 Å². The van der Waals surface area contributed by atoms with E-state index in [0.29, 0.717) is 5.56 Å². The van der Waals surface area contributed by atoms with Gasteiger partial charge in [-0.1, -0.05) is 18.2 Å². The van der Waals surface area contributed by atoms with Gasteiger partial charge in [-0.3, -0.25) is 9.69 Å². The molecule has 3 amide bonds. The van der Waals surface area contributed by atoms with Gasteiger partial charge in [-0.25, -0.2) is 18.8 Å². The first kappa shape index (κ1) is 26.9. The molecule has 0 saturated carbocycles. The van der Waals surface area contributed by atoms with E-state index in [1.54, 1.807) is 51.1 Å². The lowest BCUT2D eigenvalue weighted by Crippen LogP contribution is -2.51. The molecular formula is C27H30FN3O7. The second kappa shape index (κ2) is 11.1. The largest absolute Gasteiger partial charge is 0.460 e. The molecule has 4 rings (SSSR count). The number of nitrogens with zero attached hydrogens (tertiary/aromatic N) is 3. The molecule has 2 heterocycles. The number of esters is 1. The maximum Gasteiger partial charge on any atom is 0.414 e. The van der Waals surface area contributed by atoms with Gasteiger partial charge in [0.2, 0.25) is 0 Å².